The van der Waals surface area contributed by atoms with Crippen LogP contribution in [0.3, 0.4) is 0 Å². The van der Waals surface area contributed by atoms with Crippen molar-refractivity contribution >= 4 is 25.1 Å². The molecule has 2 rings (SSSR count). The van der Waals surface area contributed by atoms with E-state index in [0.717, 1.165) is 11.0 Å². The molecule has 0 N–H and O–H groups in total. The first-order valence-corrected chi connectivity index (χ1v) is 6.76. The molecule has 0 atom stereocenters. The van der Waals surface area contributed by atoms with Crippen LogP contribution in [0.25, 0.3) is 5.47 Å². The lowest BCUT2D eigenvalue weighted by molar-refractivity contribution is 0.00578. The number of rotatable bonds is 3. The molecule has 0 bridgehead atoms. The quantitative estimate of drug-likeness (QED) is 0.625. The van der Waals surface area contributed by atoms with Crippen molar-refractivity contribution < 1.29 is 9.31 Å². The van der Waals surface area contributed by atoms with Gasteiger partial charge in [-0.3, -0.25) is 0 Å². The van der Waals surface area contributed by atoms with Crippen LogP contribution in [0, 0.1) is 0 Å². The highest BCUT2D eigenvalue weighted by Gasteiger charge is 2.52. The highest BCUT2D eigenvalue weighted by atomic mass is 16.7. The molecule has 2 heterocycles. The molecule has 4 nitrogen and oxygen atoms in total. The lowest BCUT2D eigenvalue weighted by atomic mass is 9.74. The summed E-state index contributed by atoms with van der Waals surface area (Å²) >= 11 is 0. The van der Waals surface area contributed by atoms with Gasteiger partial charge < -0.3 is 9.31 Å². The number of hydrogen-bond donors (Lipinski definition) is 0. The van der Waals surface area contributed by atoms with E-state index >= 15 is 0 Å². The predicted octanol–water partition coefficient (Wildman–Crippen LogP) is 3.45. The molecule has 1 fully saturated rings. The third kappa shape index (κ3) is 2.43. The Morgan fingerprint density at radius 3 is 2.40 bits per heavy atom. The summed E-state index contributed by atoms with van der Waals surface area (Å²) in [6, 6.07) is 3.83. The Kier molecular flexibility index (Phi) is 3.85. The summed E-state index contributed by atoms with van der Waals surface area (Å²) in [5, 5.41) is 0. The zero-order valence-corrected chi connectivity index (χ0v) is 12.8. The van der Waals surface area contributed by atoms with Crippen molar-refractivity contribution in [2.45, 2.75) is 45.8 Å². The van der Waals surface area contributed by atoms with Gasteiger partial charge in [0.25, 0.3) is 0 Å². The lowest BCUT2D eigenvalue weighted by Gasteiger charge is -2.32. The van der Waals surface area contributed by atoms with Crippen LogP contribution < -0.4 is 0 Å². The van der Waals surface area contributed by atoms with Gasteiger partial charge in [-0.15, -0.1) is 0 Å². The second-order valence-electron chi connectivity index (χ2n) is 5.86. The summed E-state index contributed by atoms with van der Waals surface area (Å²) in [5.41, 5.74) is 1.09. The Morgan fingerprint density at radius 1 is 1.30 bits per heavy atom. The van der Waals surface area contributed by atoms with Crippen LogP contribution in [0.5, 0.6) is 0 Å². The van der Waals surface area contributed by atoms with Gasteiger partial charge in [-0.1, -0.05) is 12.1 Å². The van der Waals surface area contributed by atoms with Crippen LogP contribution in [-0.2, 0) is 9.31 Å². The monoisotopic (exact) mass is 272 g/mol. The molecule has 20 heavy (non-hydrogen) atoms. The van der Waals surface area contributed by atoms with E-state index in [-0.39, 0.29) is 11.2 Å². The second-order valence-corrected chi connectivity index (χ2v) is 5.86. The van der Waals surface area contributed by atoms with E-state index in [9.17, 15) is 0 Å². The maximum atomic E-state index is 6.09. The summed E-state index contributed by atoms with van der Waals surface area (Å²) in [5.74, 6) is 0.593. The molecule has 0 saturated carbocycles. The van der Waals surface area contributed by atoms with Crippen molar-refractivity contribution in [3.05, 3.63) is 30.0 Å². The molecule has 0 aliphatic carbocycles. The molecule has 1 aromatic heterocycles. The van der Waals surface area contributed by atoms with Crippen LogP contribution in [-0.4, -0.2) is 30.0 Å². The van der Waals surface area contributed by atoms with E-state index in [0.29, 0.717) is 5.82 Å². The van der Waals surface area contributed by atoms with E-state index in [2.05, 4.69) is 16.7 Å². The molecule has 1 aromatic rings. The van der Waals surface area contributed by atoms with Crippen molar-refractivity contribution in [1.29, 1.82) is 0 Å². The van der Waals surface area contributed by atoms with Gasteiger partial charge in [-0.05, 0) is 52.9 Å². The summed E-state index contributed by atoms with van der Waals surface area (Å²) in [7, 11) is -0.422. The first kappa shape index (κ1) is 14.9. The SMILES string of the molecule is C=Nc1ncccc1/C(=C\C)B1OC(C)(C)C(C)(C)O1. The van der Waals surface area contributed by atoms with Gasteiger partial charge in [0.2, 0.25) is 0 Å². The zero-order chi connectivity index (χ0) is 15.0. The maximum Gasteiger partial charge on any atom is 0.495 e. The van der Waals surface area contributed by atoms with Gasteiger partial charge in [0.15, 0.2) is 5.82 Å². The molecule has 1 aliphatic heterocycles. The molecule has 0 radical (unpaired) electrons. The van der Waals surface area contributed by atoms with Crippen LogP contribution in [0.4, 0.5) is 5.82 Å². The van der Waals surface area contributed by atoms with Crippen LogP contribution in [0.1, 0.15) is 40.2 Å². The minimum atomic E-state index is -0.422. The number of pyridine rings is 1. The fraction of sp³-hybridized carbons (Fsp3) is 0.467. The summed E-state index contributed by atoms with van der Waals surface area (Å²) in [6.07, 6.45) is 3.68. The summed E-state index contributed by atoms with van der Waals surface area (Å²) in [4.78, 5) is 8.20. The average molecular weight is 272 g/mol. The Balaban J connectivity index is 2.39. The van der Waals surface area contributed by atoms with Crippen molar-refractivity contribution in [2.24, 2.45) is 4.99 Å². The summed E-state index contributed by atoms with van der Waals surface area (Å²) < 4.78 is 12.2. The number of hydrogen-bond acceptors (Lipinski definition) is 4. The average Bonchev–Trinajstić information content (AvgIpc) is 2.59. The molecular formula is C15H21BN2O2. The van der Waals surface area contributed by atoms with Crippen molar-refractivity contribution in [3.63, 3.8) is 0 Å². The van der Waals surface area contributed by atoms with Crippen LogP contribution in [0.15, 0.2) is 29.4 Å². The summed E-state index contributed by atoms with van der Waals surface area (Å²) in [6.45, 7) is 13.7. The third-order valence-electron chi connectivity index (χ3n) is 4.07. The molecule has 0 amide bonds. The first-order chi connectivity index (χ1) is 9.32. The molecule has 1 saturated heterocycles. The van der Waals surface area contributed by atoms with E-state index in [1.54, 1.807) is 6.20 Å². The number of aliphatic imine (C=N–C) groups is 1. The molecule has 1 aliphatic rings. The van der Waals surface area contributed by atoms with Crippen molar-refractivity contribution in [3.8, 4) is 0 Å². The van der Waals surface area contributed by atoms with Gasteiger partial charge in [0, 0.05) is 11.8 Å². The van der Waals surface area contributed by atoms with Gasteiger partial charge in [0.05, 0.1) is 11.2 Å². The van der Waals surface area contributed by atoms with Crippen LogP contribution in [0.2, 0.25) is 0 Å². The van der Waals surface area contributed by atoms with Gasteiger partial charge in [0.1, 0.15) is 0 Å². The number of nitrogens with zero attached hydrogens (tertiary/aromatic N) is 2. The van der Waals surface area contributed by atoms with Crippen molar-refractivity contribution in [1.82, 2.24) is 4.98 Å². The van der Waals surface area contributed by atoms with E-state index in [1.165, 1.54) is 0 Å². The Labute approximate surface area is 121 Å². The molecule has 5 heteroatoms. The maximum absolute atomic E-state index is 6.09. The Morgan fingerprint density at radius 2 is 1.90 bits per heavy atom. The molecule has 0 aromatic carbocycles. The highest BCUT2D eigenvalue weighted by Crippen LogP contribution is 2.41. The second kappa shape index (κ2) is 5.15. The fourth-order valence-corrected chi connectivity index (χ4v) is 2.14. The normalized spacial score (nSPS) is 21.1. The smallest absolute Gasteiger partial charge is 0.399 e. The van der Waals surface area contributed by atoms with Gasteiger partial charge in [-0.2, -0.15) is 0 Å². The molecule has 106 valence electrons. The van der Waals surface area contributed by atoms with Gasteiger partial charge >= 0.3 is 7.12 Å². The fourth-order valence-electron chi connectivity index (χ4n) is 2.14. The molecule has 0 unspecified atom stereocenters. The predicted molar refractivity (Wildman–Crippen MR) is 83.2 cm³/mol. The Bertz CT molecular complexity index is 537. The van der Waals surface area contributed by atoms with E-state index in [1.807, 2.05) is 52.8 Å². The zero-order valence-electron chi connectivity index (χ0n) is 12.8. The lowest BCUT2D eigenvalue weighted by Crippen LogP contribution is -2.41. The third-order valence-corrected chi connectivity index (χ3v) is 4.07. The largest absolute Gasteiger partial charge is 0.495 e. The highest BCUT2D eigenvalue weighted by molar-refractivity contribution is 6.69. The first-order valence-electron chi connectivity index (χ1n) is 6.76. The number of allylic oxidation sites excluding steroid dienone is 1. The minimum Gasteiger partial charge on any atom is -0.399 e. The van der Waals surface area contributed by atoms with E-state index in [4.69, 9.17) is 9.31 Å². The Hall–Kier alpha value is -1.46. The van der Waals surface area contributed by atoms with Gasteiger partial charge in [-0.25, -0.2) is 9.98 Å². The molecule has 0 spiro atoms. The topological polar surface area (TPSA) is 43.7 Å². The molecular weight excluding hydrogens is 251 g/mol. The van der Waals surface area contributed by atoms with Crippen LogP contribution >= 0.6 is 0 Å². The van der Waals surface area contributed by atoms with E-state index < -0.39 is 7.12 Å². The minimum absolute atomic E-state index is 0.365. The number of aromatic nitrogens is 1. The van der Waals surface area contributed by atoms with Crippen molar-refractivity contribution in [2.75, 3.05) is 0 Å². The standard InChI is InChI=1S/C15H21BN2O2/c1-7-12(11-9-8-10-18-13(11)17-6)16-19-14(2,3)15(4,5)20-16/h7-10H,6H2,1-5H3/b12-7+.